The monoisotopic (exact) mass is 227 g/mol. The van der Waals surface area contributed by atoms with Crippen LogP contribution in [0.1, 0.15) is 12.6 Å². The SMILES string of the molecule is Cc1cc(NCC(C)(O)CO)nc(NN)n1. The molecule has 0 fully saturated rings. The van der Waals surface area contributed by atoms with Gasteiger partial charge in [0.15, 0.2) is 0 Å². The van der Waals surface area contributed by atoms with Crippen molar-refractivity contribution >= 4 is 11.8 Å². The maximum Gasteiger partial charge on any atom is 0.239 e. The number of nitrogens with zero attached hydrogens (tertiary/aromatic N) is 2. The minimum atomic E-state index is -1.19. The zero-order valence-electron chi connectivity index (χ0n) is 9.36. The van der Waals surface area contributed by atoms with Gasteiger partial charge in [0, 0.05) is 18.3 Å². The van der Waals surface area contributed by atoms with E-state index in [4.69, 9.17) is 10.9 Å². The molecular weight excluding hydrogens is 210 g/mol. The molecule has 1 aromatic rings. The molecule has 0 saturated carbocycles. The van der Waals surface area contributed by atoms with Crippen LogP contribution in [0.5, 0.6) is 0 Å². The van der Waals surface area contributed by atoms with Crippen molar-refractivity contribution in [2.75, 3.05) is 23.9 Å². The quantitative estimate of drug-likeness (QED) is 0.331. The summed E-state index contributed by atoms with van der Waals surface area (Å²) in [5.74, 6) is 6.04. The number of aliphatic hydroxyl groups is 2. The summed E-state index contributed by atoms with van der Waals surface area (Å²) >= 11 is 0. The predicted molar refractivity (Wildman–Crippen MR) is 60.8 cm³/mol. The summed E-state index contributed by atoms with van der Waals surface area (Å²) in [6.07, 6.45) is 0. The number of hydrogen-bond donors (Lipinski definition) is 5. The van der Waals surface area contributed by atoms with E-state index in [1.165, 1.54) is 6.92 Å². The predicted octanol–water partition coefficient (Wildman–Crippen LogP) is -0.774. The van der Waals surface area contributed by atoms with Crippen LogP contribution in [0, 0.1) is 6.92 Å². The third kappa shape index (κ3) is 3.61. The number of nitrogens with one attached hydrogen (secondary N) is 2. The highest BCUT2D eigenvalue weighted by Gasteiger charge is 2.18. The minimum absolute atomic E-state index is 0.184. The Hall–Kier alpha value is -1.44. The van der Waals surface area contributed by atoms with Gasteiger partial charge in [-0.25, -0.2) is 10.8 Å². The Morgan fingerprint density at radius 2 is 2.19 bits per heavy atom. The fourth-order valence-corrected chi connectivity index (χ4v) is 1.06. The smallest absolute Gasteiger partial charge is 0.239 e. The van der Waals surface area contributed by atoms with Crippen molar-refractivity contribution in [3.05, 3.63) is 11.8 Å². The van der Waals surface area contributed by atoms with E-state index in [0.717, 1.165) is 5.69 Å². The van der Waals surface area contributed by atoms with Crippen molar-refractivity contribution in [3.8, 4) is 0 Å². The lowest BCUT2D eigenvalue weighted by Crippen LogP contribution is -2.37. The highest BCUT2D eigenvalue weighted by molar-refractivity contribution is 5.41. The first-order valence-corrected chi connectivity index (χ1v) is 4.86. The molecule has 7 heteroatoms. The Morgan fingerprint density at radius 3 is 2.75 bits per heavy atom. The molecule has 0 saturated heterocycles. The molecule has 0 radical (unpaired) electrons. The highest BCUT2D eigenvalue weighted by atomic mass is 16.3. The van der Waals surface area contributed by atoms with Crippen molar-refractivity contribution in [1.29, 1.82) is 0 Å². The van der Waals surface area contributed by atoms with Gasteiger partial charge in [-0.15, -0.1) is 0 Å². The normalized spacial score (nSPS) is 14.3. The molecule has 0 aliphatic rings. The summed E-state index contributed by atoms with van der Waals surface area (Å²) in [6.45, 7) is 3.18. The summed E-state index contributed by atoms with van der Waals surface area (Å²) < 4.78 is 0. The molecule has 7 nitrogen and oxygen atoms in total. The molecule has 16 heavy (non-hydrogen) atoms. The lowest BCUT2D eigenvalue weighted by atomic mass is 10.1. The number of hydrogen-bond acceptors (Lipinski definition) is 7. The van der Waals surface area contributed by atoms with E-state index in [1.807, 2.05) is 0 Å². The number of aromatic nitrogens is 2. The van der Waals surface area contributed by atoms with Crippen LogP contribution >= 0.6 is 0 Å². The number of nitrogens with two attached hydrogens (primary N) is 1. The topological polar surface area (TPSA) is 116 Å². The summed E-state index contributed by atoms with van der Waals surface area (Å²) in [5.41, 5.74) is 1.90. The molecule has 1 rings (SSSR count). The molecule has 1 unspecified atom stereocenters. The lowest BCUT2D eigenvalue weighted by Gasteiger charge is -2.21. The Balaban J connectivity index is 2.70. The second-order valence-corrected chi connectivity index (χ2v) is 3.87. The second kappa shape index (κ2) is 5.06. The number of rotatable bonds is 5. The third-order valence-corrected chi connectivity index (χ3v) is 1.97. The Bertz CT molecular complexity index is 356. The average molecular weight is 227 g/mol. The zero-order chi connectivity index (χ0) is 12.2. The summed E-state index contributed by atoms with van der Waals surface area (Å²) in [6, 6.07) is 1.72. The third-order valence-electron chi connectivity index (χ3n) is 1.97. The molecule has 1 aromatic heterocycles. The fraction of sp³-hybridized carbons (Fsp3) is 0.556. The second-order valence-electron chi connectivity index (χ2n) is 3.87. The maximum atomic E-state index is 9.58. The van der Waals surface area contributed by atoms with Crippen LogP contribution in [-0.4, -0.2) is 38.9 Å². The van der Waals surface area contributed by atoms with Crippen molar-refractivity contribution in [2.24, 2.45) is 5.84 Å². The Labute approximate surface area is 93.7 Å². The molecular formula is C9H17N5O2. The van der Waals surface area contributed by atoms with Crippen LogP contribution in [0.15, 0.2) is 6.07 Å². The van der Waals surface area contributed by atoms with Crippen LogP contribution in [0.2, 0.25) is 0 Å². The van der Waals surface area contributed by atoms with E-state index < -0.39 is 5.60 Å². The molecule has 6 N–H and O–H groups in total. The van der Waals surface area contributed by atoms with E-state index >= 15 is 0 Å². The lowest BCUT2D eigenvalue weighted by molar-refractivity contribution is 0.0131. The van der Waals surface area contributed by atoms with Crippen LogP contribution in [0.3, 0.4) is 0 Å². The van der Waals surface area contributed by atoms with Gasteiger partial charge < -0.3 is 15.5 Å². The van der Waals surface area contributed by atoms with E-state index in [-0.39, 0.29) is 13.2 Å². The zero-order valence-corrected chi connectivity index (χ0v) is 9.36. The number of aliphatic hydroxyl groups excluding tert-OH is 1. The van der Waals surface area contributed by atoms with Crippen molar-refractivity contribution in [3.63, 3.8) is 0 Å². The highest BCUT2D eigenvalue weighted by Crippen LogP contribution is 2.10. The van der Waals surface area contributed by atoms with Crippen LogP contribution in [0.25, 0.3) is 0 Å². The molecule has 0 aliphatic heterocycles. The largest absolute Gasteiger partial charge is 0.393 e. The first kappa shape index (κ1) is 12.6. The number of nitrogen functional groups attached to an aromatic ring is 1. The van der Waals surface area contributed by atoms with Crippen molar-refractivity contribution in [1.82, 2.24) is 9.97 Å². The fourth-order valence-electron chi connectivity index (χ4n) is 1.06. The minimum Gasteiger partial charge on any atom is -0.393 e. The Morgan fingerprint density at radius 1 is 1.50 bits per heavy atom. The standard InChI is InChI=1S/C9H17N5O2/c1-6-3-7(13-8(12-6)14-10)11-4-9(2,16)5-15/h3,15-16H,4-5,10H2,1-2H3,(H2,11,12,13,14). The average Bonchev–Trinajstić information content (AvgIpc) is 2.26. The van der Waals surface area contributed by atoms with E-state index in [1.54, 1.807) is 13.0 Å². The van der Waals surface area contributed by atoms with Crippen molar-refractivity contribution < 1.29 is 10.2 Å². The van der Waals surface area contributed by atoms with Gasteiger partial charge in [-0.2, -0.15) is 4.98 Å². The molecule has 0 spiro atoms. The molecule has 1 heterocycles. The van der Waals surface area contributed by atoms with Gasteiger partial charge in [0.1, 0.15) is 11.4 Å². The molecule has 0 amide bonds. The van der Waals surface area contributed by atoms with E-state index in [0.29, 0.717) is 11.8 Å². The summed E-state index contributed by atoms with van der Waals surface area (Å²) in [5, 5.41) is 21.4. The number of anilines is 2. The van der Waals surface area contributed by atoms with Gasteiger partial charge in [0.25, 0.3) is 0 Å². The van der Waals surface area contributed by atoms with Crippen molar-refractivity contribution in [2.45, 2.75) is 19.4 Å². The van der Waals surface area contributed by atoms with Crippen LogP contribution < -0.4 is 16.6 Å². The van der Waals surface area contributed by atoms with Gasteiger partial charge in [-0.05, 0) is 13.8 Å². The first-order chi connectivity index (χ1) is 7.46. The molecule has 0 aliphatic carbocycles. The van der Waals surface area contributed by atoms with Gasteiger partial charge in [-0.1, -0.05) is 0 Å². The van der Waals surface area contributed by atoms with Crippen LogP contribution in [0.4, 0.5) is 11.8 Å². The molecule has 1 atom stereocenters. The van der Waals surface area contributed by atoms with Gasteiger partial charge in [-0.3, -0.25) is 5.43 Å². The van der Waals surface area contributed by atoms with Crippen LogP contribution in [-0.2, 0) is 0 Å². The summed E-state index contributed by atoms with van der Waals surface area (Å²) in [7, 11) is 0. The van der Waals surface area contributed by atoms with Gasteiger partial charge >= 0.3 is 0 Å². The maximum absolute atomic E-state index is 9.58. The number of aryl methyl sites for hydroxylation is 1. The van der Waals surface area contributed by atoms with Gasteiger partial charge in [0.05, 0.1) is 6.61 Å². The van der Waals surface area contributed by atoms with E-state index in [2.05, 4.69) is 20.7 Å². The summed E-state index contributed by atoms with van der Waals surface area (Å²) in [4.78, 5) is 8.06. The van der Waals surface area contributed by atoms with E-state index in [9.17, 15) is 5.11 Å². The first-order valence-electron chi connectivity index (χ1n) is 4.86. The molecule has 0 aromatic carbocycles. The van der Waals surface area contributed by atoms with Gasteiger partial charge in [0.2, 0.25) is 5.95 Å². The number of hydrazine groups is 1. The Kier molecular flexibility index (Phi) is 3.99. The molecule has 90 valence electrons. The molecule has 0 bridgehead atoms.